The second kappa shape index (κ2) is 8.80. The highest BCUT2D eigenvalue weighted by molar-refractivity contribution is 8.00. The minimum absolute atomic E-state index is 0.0944. The molecule has 0 amide bonds. The lowest BCUT2D eigenvalue weighted by atomic mass is 9.74. The number of fused-ring (bicyclic) bond motifs is 1. The van der Waals surface area contributed by atoms with Crippen LogP contribution in [-0.4, -0.2) is 11.8 Å². The second-order valence-corrected chi connectivity index (χ2v) is 10.9. The first-order chi connectivity index (χ1) is 16.3. The van der Waals surface area contributed by atoms with Gasteiger partial charge in [0.1, 0.15) is 5.75 Å². The molecule has 1 atom stereocenters. The maximum absolute atomic E-state index is 13.4. The molecule has 172 valence electrons. The van der Waals surface area contributed by atoms with Crippen LogP contribution in [0.25, 0.3) is 0 Å². The number of benzene rings is 3. The fourth-order valence-corrected chi connectivity index (χ4v) is 5.93. The molecule has 2 aliphatic rings. The van der Waals surface area contributed by atoms with E-state index in [0.29, 0.717) is 17.7 Å². The molecule has 1 N–H and O–H groups in total. The number of anilines is 1. The maximum atomic E-state index is 13.4. The van der Waals surface area contributed by atoms with Crippen LogP contribution in [0.4, 0.5) is 5.69 Å². The van der Waals surface area contributed by atoms with Crippen LogP contribution in [0.3, 0.4) is 0 Å². The Morgan fingerprint density at radius 3 is 2.56 bits per heavy atom. The number of ketones is 1. The summed E-state index contributed by atoms with van der Waals surface area (Å²) >= 11 is 1.66. The van der Waals surface area contributed by atoms with Gasteiger partial charge in [-0.25, -0.2) is 4.79 Å². The number of aryl methyl sites for hydroxylation is 1. The van der Waals surface area contributed by atoms with Gasteiger partial charge in [0.2, 0.25) is 0 Å². The first kappa shape index (κ1) is 22.5. The molecule has 0 unspecified atom stereocenters. The van der Waals surface area contributed by atoms with E-state index in [2.05, 4.69) is 31.3 Å². The molecule has 3 aromatic carbocycles. The zero-order chi connectivity index (χ0) is 23.9. The van der Waals surface area contributed by atoms with Crippen molar-refractivity contribution in [2.24, 2.45) is 5.41 Å². The van der Waals surface area contributed by atoms with Crippen LogP contribution in [0.1, 0.15) is 53.4 Å². The molecule has 0 fully saturated rings. The lowest BCUT2D eigenvalue weighted by Gasteiger charge is -2.34. The van der Waals surface area contributed by atoms with E-state index < -0.39 is 5.97 Å². The van der Waals surface area contributed by atoms with Crippen LogP contribution in [0, 0.1) is 12.3 Å². The Bertz CT molecular complexity index is 1310. The Hall–Kier alpha value is -3.31. The molecular weight excluding hydrogens is 442 g/mol. The third-order valence-electron chi connectivity index (χ3n) is 6.26. The zero-order valence-electron chi connectivity index (χ0n) is 19.6. The highest BCUT2D eigenvalue weighted by Gasteiger charge is 2.39. The number of hydrogen-bond acceptors (Lipinski definition) is 5. The van der Waals surface area contributed by atoms with Gasteiger partial charge in [-0.05, 0) is 60.7 Å². The summed E-state index contributed by atoms with van der Waals surface area (Å²) in [5.74, 6) is 0.249. The standard InChI is InChI=1S/C29H27NO3S/c1-18-11-13-19(14-12-18)28(32)33-21-8-6-7-20(15-21)27-26-23(16-29(2,3)17-24(26)31)30-22-9-4-5-10-25(22)34-27/h4-15,27,30H,16-17H2,1-3H3/t27-/m0/s1. The van der Waals surface area contributed by atoms with Gasteiger partial charge in [0.25, 0.3) is 0 Å². The number of para-hydroxylation sites is 1. The predicted octanol–water partition coefficient (Wildman–Crippen LogP) is 7.12. The third kappa shape index (κ3) is 4.53. The molecule has 34 heavy (non-hydrogen) atoms. The number of carbonyl (C=O) groups excluding carboxylic acids is 2. The Morgan fingerprint density at radius 2 is 1.76 bits per heavy atom. The average molecular weight is 470 g/mol. The molecule has 1 aliphatic carbocycles. The summed E-state index contributed by atoms with van der Waals surface area (Å²) in [6, 6.07) is 23.0. The van der Waals surface area contributed by atoms with E-state index in [9.17, 15) is 9.59 Å². The van der Waals surface area contributed by atoms with Crippen LogP contribution >= 0.6 is 11.8 Å². The van der Waals surface area contributed by atoms with Crippen LogP contribution in [0.5, 0.6) is 5.75 Å². The van der Waals surface area contributed by atoms with Crippen LogP contribution < -0.4 is 10.1 Å². The number of thioether (sulfide) groups is 1. The van der Waals surface area contributed by atoms with Gasteiger partial charge < -0.3 is 10.1 Å². The van der Waals surface area contributed by atoms with Crippen molar-refractivity contribution in [1.29, 1.82) is 0 Å². The van der Waals surface area contributed by atoms with E-state index in [1.54, 1.807) is 30.0 Å². The van der Waals surface area contributed by atoms with Gasteiger partial charge in [-0.2, -0.15) is 0 Å². The summed E-state index contributed by atoms with van der Waals surface area (Å²) in [7, 11) is 0. The number of allylic oxidation sites excluding steroid dienone is 1. The summed E-state index contributed by atoms with van der Waals surface area (Å²) in [6.45, 7) is 6.26. The largest absolute Gasteiger partial charge is 0.423 e. The van der Waals surface area contributed by atoms with Gasteiger partial charge in [0.15, 0.2) is 5.78 Å². The van der Waals surface area contributed by atoms with E-state index >= 15 is 0 Å². The maximum Gasteiger partial charge on any atom is 0.343 e. The SMILES string of the molecule is Cc1ccc(C(=O)Oc2cccc([C@@H]3Sc4ccccc4NC4=C3C(=O)CC(C)(C)C4)c2)cc1. The molecule has 5 rings (SSSR count). The molecule has 4 nitrogen and oxygen atoms in total. The molecule has 0 aromatic heterocycles. The van der Waals surface area contributed by atoms with Gasteiger partial charge in [0, 0.05) is 22.6 Å². The molecule has 0 radical (unpaired) electrons. The fourth-order valence-electron chi connectivity index (χ4n) is 4.60. The number of Topliss-reactive ketones (excluding diaryl/α,β-unsaturated/α-hetero) is 1. The lowest BCUT2D eigenvalue weighted by molar-refractivity contribution is -0.118. The van der Waals surface area contributed by atoms with Crippen LogP contribution in [0.15, 0.2) is 89.0 Å². The molecule has 3 aromatic rings. The van der Waals surface area contributed by atoms with Crippen molar-refractivity contribution in [1.82, 2.24) is 0 Å². The quantitative estimate of drug-likeness (QED) is 0.327. The van der Waals surface area contributed by atoms with Crippen molar-refractivity contribution in [3.63, 3.8) is 0 Å². The summed E-state index contributed by atoms with van der Waals surface area (Å²) in [4.78, 5) is 27.2. The second-order valence-electron chi connectivity index (χ2n) is 9.78. The van der Waals surface area contributed by atoms with Gasteiger partial charge in [-0.15, -0.1) is 11.8 Å². The van der Waals surface area contributed by atoms with Crippen molar-refractivity contribution < 1.29 is 14.3 Å². The van der Waals surface area contributed by atoms with E-state index in [0.717, 1.165) is 39.4 Å². The van der Waals surface area contributed by atoms with Crippen molar-refractivity contribution >= 4 is 29.2 Å². The molecule has 0 saturated heterocycles. The highest BCUT2D eigenvalue weighted by Crippen LogP contribution is 2.52. The molecule has 1 heterocycles. The minimum Gasteiger partial charge on any atom is -0.423 e. The molecule has 1 aliphatic heterocycles. The summed E-state index contributed by atoms with van der Waals surface area (Å²) in [5.41, 5.74) is 5.28. The van der Waals surface area contributed by atoms with Crippen molar-refractivity contribution in [3.05, 3.63) is 101 Å². The topological polar surface area (TPSA) is 55.4 Å². The van der Waals surface area contributed by atoms with E-state index in [1.165, 1.54) is 0 Å². The lowest BCUT2D eigenvalue weighted by Crippen LogP contribution is -2.29. The number of hydrogen-bond donors (Lipinski definition) is 1. The fraction of sp³-hybridized carbons (Fsp3) is 0.241. The first-order valence-corrected chi connectivity index (χ1v) is 12.3. The number of esters is 1. The highest BCUT2D eigenvalue weighted by atomic mass is 32.2. The average Bonchev–Trinajstić information content (AvgIpc) is 2.95. The summed E-state index contributed by atoms with van der Waals surface area (Å²) in [6.07, 6.45) is 1.32. The summed E-state index contributed by atoms with van der Waals surface area (Å²) < 4.78 is 5.70. The van der Waals surface area contributed by atoms with Gasteiger partial charge in [-0.3, -0.25) is 4.79 Å². The van der Waals surface area contributed by atoms with Crippen molar-refractivity contribution in [3.8, 4) is 5.75 Å². The Labute approximate surface area is 204 Å². The van der Waals surface area contributed by atoms with E-state index in [4.69, 9.17) is 4.74 Å². The normalized spacial score (nSPS) is 18.9. The van der Waals surface area contributed by atoms with Crippen LogP contribution in [-0.2, 0) is 4.79 Å². The minimum atomic E-state index is -0.395. The molecule has 0 spiro atoms. The Morgan fingerprint density at radius 1 is 1.00 bits per heavy atom. The van der Waals surface area contributed by atoms with Gasteiger partial charge in [0.05, 0.1) is 16.5 Å². The summed E-state index contributed by atoms with van der Waals surface area (Å²) in [5, 5.41) is 3.39. The number of rotatable bonds is 3. The number of ether oxygens (including phenoxy) is 1. The number of nitrogens with one attached hydrogen (secondary N) is 1. The predicted molar refractivity (Wildman–Crippen MR) is 136 cm³/mol. The van der Waals surface area contributed by atoms with Crippen molar-refractivity contribution in [2.75, 3.05) is 5.32 Å². The van der Waals surface area contributed by atoms with E-state index in [-0.39, 0.29) is 16.4 Å². The smallest absolute Gasteiger partial charge is 0.343 e. The molecule has 0 bridgehead atoms. The molecular formula is C29H27NO3S. The Kier molecular flexibility index (Phi) is 5.82. The monoisotopic (exact) mass is 469 g/mol. The van der Waals surface area contributed by atoms with Gasteiger partial charge in [-0.1, -0.05) is 55.8 Å². The third-order valence-corrected chi connectivity index (χ3v) is 7.61. The van der Waals surface area contributed by atoms with Crippen LogP contribution in [0.2, 0.25) is 0 Å². The Balaban J connectivity index is 1.52. The number of carbonyl (C=O) groups is 2. The molecule has 5 heteroatoms. The first-order valence-electron chi connectivity index (χ1n) is 11.5. The van der Waals surface area contributed by atoms with Crippen molar-refractivity contribution in [2.45, 2.75) is 43.8 Å². The van der Waals surface area contributed by atoms with E-state index in [1.807, 2.05) is 49.4 Å². The molecule has 0 saturated carbocycles. The zero-order valence-corrected chi connectivity index (χ0v) is 20.4. The van der Waals surface area contributed by atoms with Gasteiger partial charge >= 0.3 is 5.97 Å².